The zero-order chi connectivity index (χ0) is 8.27. The van der Waals surface area contributed by atoms with Crippen LogP contribution in [0.2, 0.25) is 0 Å². The van der Waals surface area contributed by atoms with Crippen LogP contribution in [0.15, 0.2) is 15.4 Å². The van der Waals surface area contributed by atoms with Gasteiger partial charge in [0, 0.05) is 26.1 Å². The number of aryl methyl sites for hydroxylation is 2. The molecule has 1 rings (SSSR count). The smallest absolute Gasteiger partial charge is 0.413 e. The SMILES string of the molecule is Cn1cc(CCC=O)oc1=O. The Kier molecular flexibility index (Phi) is 2.25. The number of nitrogens with zero attached hydrogens (tertiary/aromatic N) is 1. The van der Waals surface area contributed by atoms with Gasteiger partial charge in [-0.25, -0.2) is 4.79 Å². The van der Waals surface area contributed by atoms with Gasteiger partial charge >= 0.3 is 5.76 Å². The first kappa shape index (κ1) is 7.78. The highest BCUT2D eigenvalue weighted by Gasteiger charge is 2.00. The Hall–Kier alpha value is -1.32. The zero-order valence-electron chi connectivity index (χ0n) is 6.24. The van der Waals surface area contributed by atoms with E-state index in [0.29, 0.717) is 18.6 Å². The molecule has 0 saturated heterocycles. The summed E-state index contributed by atoms with van der Waals surface area (Å²) in [4.78, 5) is 20.7. The molecule has 1 aromatic rings. The molecule has 0 aromatic carbocycles. The molecule has 0 fully saturated rings. The first-order valence-corrected chi connectivity index (χ1v) is 3.33. The van der Waals surface area contributed by atoms with Crippen molar-refractivity contribution in [3.8, 4) is 0 Å². The van der Waals surface area contributed by atoms with E-state index in [1.807, 2.05) is 0 Å². The minimum Gasteiger partial charge on any atom is -0.413 e. The Balaban J connectivity index is 2.72. The van der Waals surface area contributed by atoms with Crippen LogP contribution in [0.25, 0.3) is 0 Å². The van der Waals surface area contributed by atoms with Crippen molar-refractivity contribution >= 4 is 6.29 Å². The average molecular weight is 155 g/mol. The van der Waals surface area contributed by atoms with Crippen LogP contribution >= 0.6 is 0 Å². The van der Waals surface area contributed by atoms with Gasteiger partial charge in [0.1, 0.15) is 12.0 Å². The van der Waals surface area contributed by atoms with Gasteiger partial charge in [0.2, 0.25) is 0 Å². The van der Waals surface area contributed by atoms with Crippen LogP contribution in [-0.2, 0) is 18.3 Å². The highest BCUT2D eigenvalue weighted by Crippen LogP contribution is 1.97. The van der Waals surface area contributed by atoms with Crippen molar-refractivity contribution in [2.24, 2.45) is 7.05 Å². The predicted octanol–water partition coefficient (Wildman–Crippen LogP) is 0.110. The minimum absolute atomic E-state index is 0.383. The fourth-order valence-corrected chi connectivity index (χ4v) is 0.796. The molecular weight excluding hydrogens is 146 g/mol. The zero-order valence-corrected chi connectivity index (χ0v) is 6.24. The monoisotopic (exact) mass is 155 g/mol. The predicted molar refractivity (Wildman–Crippen MR) is 38.3 cm³/mol. The van der Waals surface area contributed by atoms with Crippen LogP contribution in [-0.4, -0.2) is 10.9 Å². The summed E-state index contributed by atoms with van der Waals surface area (Å²) >= 11 is 0. The molecule has 60 valence electrons. The van der Waals surface area contributed by atoms with Gasteiger partial charge in [0.05, 0.1) is 0 Å². The number of aromatic nitrogens is 1. The molecule has 4 heteroatoms. The maximum atomic E-state index is 10.7. The number of aldehydes is 1. The van der Waals surface area contributed by atoms with Crippen molar-refractivity contribution in [2.45, 2.75) is 12.8 Å². The number of hydrogen-bond donors (Lipinski definition) is 0. The first-order chi connectivity index (χ1) is 5.24. The van der Waals surface area contributed by atoms with Crippen LogP contribution in [0.1, 0.15) is 12.2 Å². The van der Waals surface area contributed by atoms with Crippen LogP contribution < -0.4 is 5.76 Å². The van der Waals surface area contributed by atoms with Crippen molar-refractivity contribution in [3.05, 3.63) is 22.5 Å². The van der Waals surface area contributed by atoms with Gasteiger partial charge in [-0.3, -0.25) is 4.57 Å². The van der Waals surface area contributed by atoms with Crippen molar-refractivity contribution < 1.29 is 9.21 Å². The molecule has 1 heterocycles. The largest absolute Gasteiger partial charge is 0.418 e. The fourth-order valence-electron chi connectivity index (χ4n) is 0.796. The molecule has 0 amide bonds. The average Bonchev–Trinajstić information content (AvgIpc) is 2.28. The Labute approximate surface area is 63.4 Å². The maximum absolute atomic E-state index is 10.7. The molecule has 4 nitrogen and oxygen atoms in total. The molecule has 0 unspecified atom stereocenters. The van der Waals surface area contributed by atoms with E-state index in [2.05, 4.69) is 0 Å². The topological polar surface area (TPSA) is 52.2 Å². The lowest BCUT2D eigenvalue weighted by Crippen LogP contribution is -2.07. The lowest BCUT2D eigenvalue weighted by atomic mass is 10.3. The molecule has 0 saturated carbocycles. The molecule has 11 heavy (non-hydrogen) atoms. The van der Waals surface area contributed by atoms with E-state index in [-0.39, 0.29) is 5.76 Å². The standard InChI is InChI=1S/C7H9NO3/c1-8-5-6(3-2-4-9)11-7(8)10/h4-5H,2-3H2,1H3. The summed E-state index contributed by atoms with van der Waals surface area (Å²) in [6.07, 6.45) is 3.28. The molecule has 0 aliphatic carbocycles. The number of hydrogen-bond acceptors (Lipinski definition) is 3. The van der Waals surface area contributed by atoms with Gasteiger partial charge in [-0.1, -0.05) is 0 Å². The Bertz CT molecular complexity index is 297. The third-order valence-corrected chi connectivity index (χ3v) is 1.35. The molecule has 0 bridgehead atoms. The Morgan fingerprint density at radius 1 is 1.73 bits per heavy atom. The summed E-state index contributed by atoms with van der Waals surface area (Å²) in [5, 5.41) is 0. The molecule has 0 aliphatic rings. The second kappa shape index (κ2) is 3.18. The maximum Gasteiger partial charge on any atom is 0.418 e. The second-order valence-electron chi connectivity index (χ2n) is 2.28. The van der Waals surface area contributed by atoms with Gasteiger partial charge < -0.3 is 9.21 Å². The van der Waals surface area contributed by atoms with Gasteiger partial charge in [-0.2, -0.15) is 0 Å². The van der Waals surface area contributed by atoms with Gasteiger partial charge in [0.15, 0.2) is 0 Å². The molecule has 0 atom stereocenters. The van der Waals surface area contributed by atoms with Crippen molar-refractivity contribution in [3.63, 3.8) is 0 Å². The lowest BCUT2D eigenvalue weighted by molar-refractivity contribution is -0.107. The Morgan fingerprint density at radius 3 is 2.91 bits per heavy atom. The van der Waals surface area contributed by atoms with E-state index in [0.717, 1.165) is 6.29 Å². The van der Waals surface area contributed by atoms with Crippen LogP contribution in [0.5, 0.6) is 0 Å². The molecule has 0 radical (unpaired) electrons. The lowest BCUT2D eigenvalue weighted by Gasteiger charge is -1.84. The minimum atomic E-state index is -0.383. The summed E-state index contributed by atoms with van der Waals surface area (Å²) in [7, 11) is 1.61. The van der Waals surface area contributed by atoms with E-state index >= 15 is 0 Å². The number of rotatable bonds is 3. The summed E-state index contributed by atoms with van der Waals surface area (Å²) in [5.74, 6) is 0.176. The van der Waals surface area contributed by atoms with Crippen molar-refractivity contribution in [1.82, 2.24) is 4.57 Å². The summed E-state index contributed by atoms with van der Waals surface area (Å²) in [6, 6.07) is 0. The van der Waals surface area contributed by atoms with Crippen LogP contribution in [0.3, 0.4) is 0 Å². The van der Waals surface area contributed by atoms with Gasteiger partial charge in [-0.05, 0) is 0 Å². The van der Waals surface area contributed by atoms with E-state index in [1.165, 1.54) is 4.57 Å². The number of carbonyl (C=O) groups is 1. The van der Waals surface area contributed by atoms with Gasteiger partial charge in [-0.15, -0.1) is 0 Å². The first-order valence-electron chi connectivity index (χ1n) is 3.33. The summed E-state index contributed by atoms with van der Waals surface area (Å²) < 4.78 is 6.11. The number of carbonyl (C=O) groups excluding carboxylic acids is 1. The highest BCUT2D eigenvalue weighted by atomic mass is 16.4. The van der Waals surface area contributed by atoms with Gasteiger partial charge in [0.25, 0.3) is 0 Å². The van der Waals surface area contributed by atoms with E-state index in [9.17, 15) is 9.59 Å². The molecule has 0 spiro atoms. The summed E-state index contributed by atoms with van der Waals surface area (Å²) in [5.41, 5.74) is 0. The number of oxazole rings is 1. The third kappa shape index (κ3) is 1.80. The van der Waals surface area contributed by atoms with Crippen LogP contribution in [0.4, 0.5) is 0 Å². The summed E-state index contributed by atoms with van der Waals surface area (Å²) in [6.45, 7) is 0. The Morgan fingerprint density at radius 2 is 2.45 bits per heavy atom. The third-order valence-electron chi connectivity index (χ3n) is 1.35. The molecule has 1 aromatic heterocycles. The van der Waals surface area contributed by atoms with E-state index < -0.39 is 0 Å². The van der Waals surface area contributed by atoms with Crippen molar-refractivity contribution in [1.29, 1.82) is 0 Å². The highest BCUT2D eigenvalue weighted by molar-refractivity contribution is 5.49. The van der Waals surface area contributed by atoms with E-state index in [4.69, 9.17) is 4.42 Å². The van der Waals surface area contributed by atoms with Crippen LogP contribution in [0, 0.1) is 0 Å². The molecular formula is C7H9NO3. The quantitative estimate of drug-likeness (QED) is 0.582. The second-order valence-corrected chi connectivity index (χ2v) is 2.28. The molecule has 0 aliphatic heterocycles. The fraction of sp³-hybridized carbons (Fsp3) is 0.429. The van der Waals surface area contributed by atoms with Crippen molar-refractivity contribution in [2.75, 3.05) is 0 Å². The molecule has 0 N–H and O–H groups in total. The van der Waals surface area contributed by atoms with E-state index in [1.54, 1.807) is 13.2 Å². The normalized spacial score (nSPS) is 9.91.